The number of oxime groups is 1. The number of aromatic nitrogens is 1. The van der Waals surface area contributed by atoms with Crippen LogP contribution >= 0.6 is 0 Å². The molecule has 2 heterocycles. The van der Waals surface area contributed by atoms with Crippen LogP contribution in [-0.4, -0.2) is 54.0 Å². The third-order valence-electron chi connectivity index (χ3n) is 4.30. The van der Waals surface area contributed by atoms with Gasteiger partial charge in [0, 0.05) is 12.0 Å². The lowest BCUT2D eigenvalue weighted by molar-refractivity contribution is 0.0931. The maximum atomic E-state index is 12.0. The maximum Gasteiger partial charge on any atom is 0.413 e. The van der Waals surface area contributed by atoms with E-state index in [-0.39, 0.29) is 24.3 Å². The number of nitrogens with one attached hydrogen (secondary N) is 2. The third-order valence-corrected chi connectivity index (χ3v) is 4.30. The zero-order valence-electron chi connectivity index (χ0n) is 16.9. The molecule has 2 aromatic rings. The fourth-order valence-corrected chi connectivity index (χ4v) is 2.71. The summed E-state index contributed by atoms with van der Waals surface area (Å²) < 4.78 is 10.4. The minimum atomic E-state index is -0.602. The lowest BCUT2D eigenvalue weighted by atomic mass is 10.1. The fraction of sp³-hybridized carbons (Fsp3) is 0.300. The van der Waals surface area contributed by atoms with Gasteiger partial charge in [-0.15, -0.1) is 0 Å². The van der Waals surface area contributed by atoms with Gasteiger partial charge in [-0.25, -0.2) is 9.78 Å². The smallest absolute Gasteiger partial charge is 0.413 e. The van der Waals surface area contributed by atoms with Crippen molar-refractivity contribution in [2.75, 3.05) is 25.6 Å². The zero-order valence-corrected chi connectivity index (χ0v) is 16.9. The van der Waals surface area contributed by atoms with E-state index >= 15 is 0 Å². The number of pyridine rings is 1. The highest BCUT2D eigenvalue weighted by atomic mass is 16.6. The first-order chi connectivity index (χ1) is 15.1. The Morgan fingerprint density at radius 3 is 2.84 bits per heavy atom. The van der Waals surface area contributed by atoms with Crippen LogP contribution in [0.15, 0.2) is 58.9 Å². The predicted molar refractivity (Wildman–Crippen MR) is 113 cm³/mol. The Hall–Kier alpha value is -3.86. The molecule has 1 saturated heterocycles. The summed E-state index contributed by atoms with van der Waals surface area (Å²) in [7, 11) is 1.41. The zero-order chi connectivity index (χ0) is 22.1. The number of hydrogen-bond donors (Lipinski definition) is 2. The summed E-state index contributed by atoms with van der Waals surface area (Å²) in [6.45, 7) is 0.961. The van der Waals surface area contributed by atoms with Gasteiger partial charge in [0.25, 0.3) is 0 Å². The average Bonchev–Trinajstić information content (AvgIpc) is 3.29. The molecule has 1 aromatic heterocycles. The summed E-state index contributed by atoms with van der Waals surface area (Å²) in [5.74, 6) is 0.152. The van der Waals surface area contributed by atoms with Crippen LogP contribution in [0.1, 0.15) is 17.7 Å². The maximum absolute atomic E-state index is 12.0. The first kappa shape index (κ1) is 21.8. The molecule has 11 heteroatoms. The average molecular weight is 424 g/mol. The van der Waals surface area contributed by atoms with Gasteiger partial charge >= 0.3 is 6.09 Å². The van der Waals surface area contributed by atoms with E-state index in [9.17, 15) is 4.79 Å². The molecule has 1 fully saturated rings. The van der Waals surface area contributed by atoms with Gasteiger partial charge in [-0.05, 0) is 19.2 Å². The standard InChI is InChI=1S/C20H22N7O4/c1-27(26-22)19(21)18(14-6-3-2-4-7-14)25-30-12-15-8-5-9-17(23-15)24-20(28)31-16-10-11-29-13-16/h2-9,16,21H,10-13H2,1H3,(H,23,24,28)/q-1/b21-19?,25-18-. The molecule has 11 nitrogen and oxygen atoms in total. The molecule has 0 saturated carbocycles. The first-order valence-electron chi connectivity index (χ1n) is 9.51. The SMILES string of the molecule is CN(N=[N-])C(=N)/C(=N\OCc1cccc(NC(=O)OC2CCOC2)n1)c1ccccc1. The molecule has 1 amide bonds. The fourth-order valence-electron chi connectivity index (χ4n) is 2.71. The lowest BCUT2D eigenvalue weighted by Gasteiger charge is -2.21. The van der Waals surface area contributed by atoms with Gasteiger partial charge in [0.2, 0.25) is 0 Å². The molecule has 31 heavy (non-hydrogen) atoms. The van der Waals surface area contributed by atoms with Crippen LogP contribution < -0.4 is 5.32 Å². The molecule has 0 radical (unpaired) electrons. The van der Waals surface area contributed by atoms with E-state index in [0.29, 0.717) is 36.7 Å². The Kier molecular flexibility index (Phi) is 7.60. The monoisotopic (exact) mass is 424 g/mol. The number of rotatable bonds is 8. The highest BCUT2D eigenvalue weighted by Crippen LogP contribution is 2.12. The number of likely N-dealkylation sites (N-methyl/N-ethyl adjacent to an activating group) is 1. The van der Waals surface area contributed by atoms with Crippen LogP contribution in [0.2, 0.25) is 0 Å². The number of benzene rings is 1. The van der Waals surface area contributed by atoms with Crippen molar-refractivity contribution in [3.63, 3.8) is 0 Å². The van der Waals surface area contributed by atoms with Crippen molar-refractivity contribution >= 4 is 23.5 Å². The number of nitrogens with zero attached hydrogens (tertiary/aromatic N) is 5. The molecule has 1 aliphatic heterocycles. The van der Waals surface area contributed by atoms with Crippen LogP contribution in [0.25, 0.3) is 5.53 Å². The second-order valence-corrected chi connectivity index (χ2v) is 6.57. The number of ether oxygens (including phenoxy) is 2. The summed E-state index contributed by atoms with van der Waals surface area (Å²) >= 11 is 0. The number of amidine groups is 1. The van der Waals surface area contributed by atoms with Crippen LogP contribution in [0.5, 0.6) is 0 Å². The van der Waals surface area contributed by atoms with Gasteiger partial charge in [0.15, 0.2) is 6.61 Å². The number of hydrogen-bond acceptors (Lipinski definition) is 8. The molecule has 162 valence electrons. The summed E-state index contributed by atoms with van der Waals surface area (Å²) in [6.07, 6.45) is -0.185. The van der Waals surface area contributed by atoms with Gasteiger partial charge in [-0.1, -0.05) is 41.6 Å². The van der Waals surface area contributed by atoms with E-state index in [0.717, 1.165) is 5.01 Å². The topological polar surface area (TPSA) is 144 Å². The van der Waals surface area contributed by atoms with Crippen molar-refractivity contribution in [1.82, 2.24) is 9.99 Å². The van der Waals surface area contributed by atoms with E-state index in [4.69, 9.17) is 25.3 Å². The Balaban J connectivity index is 1.64. The van der Waals surface area contributed by atoms with Crippen molar-refractivity contribution in [2.45, 2.75) is 19.1 Å². The van der Waals surface area contributed by atoms with E-state index in [1.54, 1.807) is 42.5 Å². The van der Waals surface area contributed by atoms with Crippen molar-refractivity contribution < 1.29 is 19.1 Å². The molecule has 1 atom stereocenters. The Bertz CT molecular complexity index is 946. The minimum absolute atomic E-state index is 0.00930. The highest BCUT2D eigenvalue weighted by molar-refractivity contribution is 6.46. The normalized spacial score (nSPS) is 15.8. The molecule has 1 unspecified atom stereocenters. The Labute approximate surface area is 179 Å². The number of carbonyl (C=O) groups excluding carboxylic acids is 1. The third kappa shape index (κ3) is 6.31. The minimum Gasteiger partial charge on any atom is -0.443 e. The van der Waals surface area contributed by atoms with Crippen LogP contribution in [0, 0.1) is 5.41 Å². The molecule has 1 aromatic carbocycles. The summed E-state index contributed by atoms with van der Waals surface area (Å²) in [6, 6.07) is 14.0. The number of anilines is 1. The lowest BCUT2D eigenvalue weighted by Crippen LogP contribution is -2.29. The van der Waals surface area contributed by atoms with Gasteiger partial charge in [0.05, 0.1) is 24.7 Å². The van der Waals surface area contributed by atoms with Crippen molar-refractivity contribution in [2.24, 2.45) is 10.4 Å². The molecule has 1 aliphatic rings. The van der Waals surface area contributed by atoms with Crippen LogP contribution in [0.4, 0.5) is 10.6 Å². The quantitative estimate of drug-likeness (QED) is 0.288. The van der Waals surface area contributed by atoms with Gasteiger partial charge in [-0.3, -0.25) is 10.5 Å². The number of amides is 1. The molecule has 0 bridgehead atoms. The predicted octanol–water partition coefficient (Wildman–Crippen LogP) is 3.19. The molecular formula is C20H22N7O4-. The Morgan fingerprint density at radius 1 is 1.32 bits per heavy atom. The second-order valence-electron chi connectivity index (χ2n) is 6.57. The summed E-state index contributed by atoms with van der Waals surface area (Å²) in [4.78, 5) is 21.7. The van der Waals surface area contributed by atoms with Crippen molar-refractivity contribution in [3.8, 4) is 0 Å². The van der Waals surface area contributed by atoms with E-state index < -0.39 is 6.09 Å². The van der Waals surface area contributed by atoms with Gasteiger partial charge in [-0.2, -0.15) is 0 Å². The largest absolute Gasteiger partial charge is 0.443 e. The molecule has 2 N–H and O–H groups in total. The number of carbonyl (C=O) groups is 1. The Morgan fingerprint density at radius 2 is 2.13 bits per heavy atom. The first-order valence-corrected chi connectivity index (χ1v) is 9.51. The summed E-state index contributed by atoms with van der Waals surface area (Å²) in [5.41, 5.74) is 10.2. The van der Waals surface area contributed by atoms with E-state index in [2.05, 4.69) is 20.7 Å². The second kappa shape index (κ2) is 10.8. The molecule has 0 aliphatic carbocycles. The van der Waals surface area contributed by atoms with Crippen LogP contribution in [-0.2, 0) is 20.9 Å². The van der Waals surface area contributed by atoms with Gasteiger partial charge in [0.1, 0.15) is 17.6 Å². The molecule has 0 spiro atoms. The van der Waals surface area contributed by atoms with Crippen molar-refractivity contribution in [1.29, 1.82) is 5.41 Å². The molecular weight excluding hydrogens is 402 g/mol. The highest BCUT2D eigenvalue weighted by Gasteiger charge is 2.20. The van der Waals surface area contributed by atoms with Crippen LogP contribution in [0.3, 0.4) is 0 Å². The van der Waals surface area contributed by atoms with Crippen molar-refractivity contribution in [3.05, 3.63) is 65.3 Å². The molecule has 3 rings (SSSR count). The van der Waals surface area contributed by atoms with E-state index in [1.807, 2.05) is 6.07 Å². The van der Waals surface area contributed by atoms with Gasteiger partial charge < -0.3 is 30.3 Å². The van der Waals surface area contributed by atoms with E-state index in [1.165, 1.54) is 7.05 Å². The summed E-state index contributed by atoms with van der Waals surface area (Å²) in [5, 5.41) is 18.7.